The Hall–Kier alpha value is -5.08. The lowest BCUT2D eigenvalue weighted by molar-refractivity contribution is -0.192. The molecule has 1 saturated heterocycles. The lowest BCUT2D eigenvalue weighted by Gasteiger charge is -2.23. The number of alkyl halides is 3. The number of aliphatic carboxylic acids is 1. The van der Waals surface area contributed by atoms with Crippen LogP contribution in [0.15, 0.2) is 48.7 Å². The molecule has 40 heavy (non-hydrogen) atoms. The van der Waals surface area contributed by atoms with E-state index in [-0.39, 0.29) is 12.3 Å². The van der Waals surface area contributed by atoms with Crippen molar-refractivity contribution in [2.75, 3.05) is 11.9 Å². The molecule has 1 aliphatic rings. The van der Waals surface area contributed by atoms with E-state index >= 15 is 0 Å². The van der Waals surface area contributed by atoms with Crippen molar-refractivity contribution in [2.24, 2.45) is 5.73 Å². The number of halogens is 3. The first kappa shape index (κ1) is 29.5. The fraction of sp³-hybridized carbons (Fsp3) is 0.269. The van der Waals surface area contributed by atoms with Gasteiger partial charge in [-0.2, -0.15) is 23.7 Å². The van der Waals surface area contributed by atoms with Crippen LogP contribution in [-0.4, -0.2) is 57.8 Å². The Morgan fingerprint density at radius 2 is 1.93 bits per heavy atom. The Morgan fingerprint density at radius 1 is 1.23 bits per heavy atom. The molecule has 0 saturated carbocycles. The monoisotopic (exact) mass is 556 g/mol. The molecule has 2 amide bonds. The number of nitrogens with one attached hydrogen (secondary N) is 2. The molecular formula is C26H23F3N6O5. The first-order valence-electron chi connectivity index (χ1n) is 11.8. The maximum absolute atomic E-state index is 12.8. The number of likely N-dealkylation sites (tertiary alicyclic amines) is 1. The van der Waals surface area contributed by atoms with Crippen molar-refractivity contribution >= 4 is 34.6 Å². The normalized spacial score (nSPS) is 15.2. The number of nitrogens with two attached hydrogens (primary N) is 1. The number of fused-ring (bicyclic) bond motifs is 1. The van der Waals surface area contributed by atoms with Crippen molar-refractivity contribution in [3.63, 3.8) is 0 Å². The number of nitriles is 2. The van der Waals surface area contributed by atoms with Crippen LogP contribution < -0.4 is 15.8 Å². The van der Waals surface area contributed by atoms with E-state index < -0.39 is 30.3 Å². The third-order valence-corrected chi connectivity index (χ3v) is 5.92. The molecule has 0 radical (unpaired) electrons. The summed E-state index contributed by atoms with van der Waals surface area (Å²) in [6, 6.07) is 14.7. The van der Waals surface area contributed by atoms with E-state index in [1.807, 2.05) is 6.07 Å². The van der Waals surface area contributed by atoms with E-state index in [1.165, 1.54) is 0 Å². The number of hydrogen-bond acceptors (Lipinski definition) is 7. The minimum atomic E-state index is -5.08. The fourth-order valence-electron chi connectivity index (χ4n) is 4.02. The summed E-state index contributed by atoms with van der Waals surface area (Å²) in [4.78, 5) is 38.7. The minimum Gasteiger partial charge on any atom is -0.475 e. The number of carbonyl (C=O) groups excluding carboxylic acids is 2. The van der Waals surface area contributed by atoms with Crippen LogP contribution in [0.4, 0.5) is 23.7 Å². The smallest absolute Gasteiger partial charge is 0.475 e. The SMILES string of the molecule is N#Cc1ccccc1NC(=O)Oc1ccc2[nH]cc(C[C@H](N)C(=O)N3CCC[C@H]3C#N)c2c1.O=C(O)C(F)(F)F. The summed E-state index contributed by atoms with van der Waals surface area (Å²) in [5.41, 5.74) is 8.49. The first-order valence-corrected chi connectivity index (χ1v) is 11.8. The third kappa shape index (κ3) is 7.27. The highest BCUT2D eigenvalue weighted by Gasteiger charge is 2.38. The van der Waals surface area contributed by atoms with Crippen LogP contribution in [0.1, 0.15) is 24.0 Å². The number of hydrogen-bond donors (Lipinski definition) is 4. The van der Waals surface area contributed by atoms with Gasteiger partial charge in [0.15, 0.2) is 0 Å². The Bertz CT molecular complexity index is 1490. The molecule has 2 heterocycles. The van der Waals surface area contributed by atoms with E-state index in [9.17, 15) is 28.0 Å². The van der Waals surface area contributed by atoms with Crippen molar-refractivity contribution in [1.29, 1.82) is 10.5 Å². The predicted octanol–water partition coefficient (Wildman–Crippen LogP) is 3.67. The van der Waals surface area contributed by atoms with Gasteiger partial charge in [-0.05, 0) is 55.2 Å². The highest BCUT2D eigenvalue weighted by Crippen LogP contribution is 2.26. The average molecular weight is 557 g/mol. The van der Waals surface area contributed by atoms with Gasteiger partial charge in [-0.15, -0.1) is 0 Å². The van der Waals surface area contributed by atoms with Gasteiger partial charge in [0.1, 0.15) is 17.9 Å². The maximum atomic E-state index is 12.8. The Balaban J connectivity index is 0.000000559. The molecule has 2 atom stereocenters. The van der Waals surface area contributed by atoms with Crippen molar-refractivity contribution < 1.29 is 37.4 Å². The van der Waals surface area contributed by atoms with Crippen LogP contribution in [-0.2, 0) is 16.0 Å². The number of para-hydroxylation sites is 1. The number of rotatable bonds is 5. The number of H-pyrrole nitrogens is 1. The Morgan fingerprint density at radius 3 is 2.58 bits per heavy atom. The highest BCUT2D eigenvalue weighted by molar-refractivity contribution is 5.90. The number of carboxylic acid groups (broad SMARTS) is 1. The molecular weight excluding hydrogens is 533 g/mol. The fourth-order valence-corrected chi connectivity index (χ4v) is 4.02. The van der Waals surface area contributed by atoms with E-state index in [0.717, 1.165) is 22.9 Å². The maximum Gasteiger partial charge on any atom is 0.490 e. The summed E-state index contributed by atoms with van der Waals surface area (Å²) in [6.45, 7) is 0.542. The molecule has 1 aromatic heterocycles. The Labute approximate surface area is 225 Å². The van der Waals surface area contributed by atoms with Crippen LogP contribution in [0.3, 0.4) is 0 Å². The standard InChI is InChI=1S/C24H22N6O3.C2HF3O2/c25-12-15-4-1-2-6-21(15)29-24(32)33-18-7-8-22-19(11-18)16(14-28-22)10-20(27)23(31)30-9-3-5-17(30)13-26;3-2(4,5)1(6)7/h1-2,4,6-8,11,14,17,20,28H,3,5,9-10,27H2,(H,29,32);(H,6,7)/t17-,20-;/m0./s1. The molecule has 4 rings (SSSR count). The second-order valence-corrected chi connectivity index (χ2v) is 8.63. The summed E-state index contributed by atoms with van der Waals surface area (Å²) < 4.78 is 37.1. The van der Waals surface area contributed by atoms with Gasteiger partial charge in [0.2, 0.25) is 5.91 Å². The number of anilines is 1. The van der Waals surface area contributed by atoms with Crippen LogP contribution in [0, 0.1) is 22.7 Å². The number of nitrogens with zero attached hydrogens (tertiary/aromatic N) is 3. The summed E-state index contributed by atoms with van der Waals surface area (Å²) in [7, 11) is 0. The van der Waals surface area contributed by atoms with Crippen LogP contribution in [0.2, 0.25) is 0 Å². The zero-order valence-electron chi connectivity index (χ0n) is 20.7. The summed E-state index contributed by atoms with van der Waals surface area (Å²) in [5.74, 6) is -2.69. The molecule has 0 aliphatic carbocycles. The van der Waals surface area contributed by atoms with Crippen molar-refractivity contribution in [3.05, 3.63) is 59.8 Å². The lowest BCUT2D eigenvalue weighted by Crippen LogP contribution is -2.46. The molecule has 11 nitrogen and oxygen atoms in total. The molecule has 0 bridgehead atoms. The van der Waals surface area contributed by atoms with E-state index in [0.29, 0.717) is 30.0 Å². The lowest BCUT2D eigenvalue weighted by atomic mass is 10.0. The van der Waals surface area contributed by atoms with Crippen LogP contribution >= 0.6 is 0 Å². The van der Waals surface area contributed by atoms with Gasteiger partial charge in [0.25, 0.3) is 0 Å². The average Bonchev–Trinajstić information content (AvgIpc) is 3.55. The molecule has 1 aliphatic heterocycles. The van der Waals surface area contributed by atoms with E-state index in [4.69, 9.17) is 25.6 Å². The topological polar surface area (TPSA) is 185 Å². The zero-order valence-corrected chi connectivity index (χ0v) is 20.7. The molecule has 5 N–H and O–H groups in total. The van der Waals surface area contributed by atoms with Gasteiger partial charge in [0, 0.05) is 23.6 Å². The van der Waals surface area contributed by atoms with Crippen molar-refractivity contribution in [1.82, 2.24) is 9.88 Å². The first-order chi connectivity index (χ1) is 18.9. The number of aromatic amines is 1. The molecule has 2 aromatic carbocycles. The molecule has 14 heteroatoms. The van der Waals surface area contributed by atoms with Gasteiger partial charge in [-0.25, -0.2) is 9.59 Å². The van der Waals surface area contributed by atoms with E-state index in [1.54, 1.807) is 53.6 Å². The van der Waals surface area contributed by atoms with E-state index in [2.05, 4.69) is 16.4 Å². The van der Waals surface area contributed by atoms with Gasteiger partial charge < -0.3 is 25.5 Å². The van der Waals surface area contributed by atoms with Crippen molar-refractivity contribution in [3.8, 4) is 17.9 Å². The number of amides is 2. The number of ether oxygens (including phenoxy) is 1. The zero-order chi connectivity index (χ0) is 29.4. The largest absolute Gasteiger partial charge is 0.490 e. The van der Waals surface area contributed by atoms with Gasteiger partial charge in [-0.3, -0.25) is 10.1 Å². The molecule has 3 aromatic rings. The number of benzene rings is 2. The second kappa shape index (κ2) is 12.6. The number of aromatic nitrogens is 1. The summed E-state index contributed by atoms with van der Waals surface area (Å²) in [5, 5.41) is 28.9. The van der Waals surface area contributed by atoms with Gasteiger partial charge >= 0.3 is 18.2 Å². The molecule has 208 valence electrons. The summed E-state index contributed by atoms with van der Waals surface area (Å²) >= 11 is 0. The van der Waals surface area contributed by atoms with Crippen molar-refractivity contribution in [2.45, 2.75) is 37.5 Å². The third-order valence-electron chi connectivity index (χ3n) is 5.92. The van der Waals surface area contributed by atoms with Crippen LogP contribution in [0.25, 0.3) is 10.9 Å². The Kier molecular flexibility index (Phi) is 9.32. The molecule has 0 unspecified atom stereocenters. The number of carboxylic acids is 1. The second-order valence-electron chi connectivity index (χ2n) is 8.63. The molecule has 0 spiro atoms. The minimum absolute atomic E-state index is 0.239. The highest BCUT2D eigenvalue weighted by atomic mass is 19.4. The van der Waals surface area contributed by atoms with Gasteiger partial charge in [0.05, 0.1) is 23.4 Å². The van der Waals surface area contributed by atoms with Crippen LogP contribution in [0.5, 0.6) is 5.75 Å². The number of carbonyl (C=O) groups is 3. The molecule has 1 fully saturated rings. The quantitative estimate of drug-likeness (QED) is 0.367. The van der Waals surface area contributed by atoms with Gasteiger partial charge in [-0.1, -0.05) is 12.1 Å². The summed E-state index contributed by atoms with van der Waals surface area (Å²) in [6.07, 6.45) is -2.29. The predicted molar refractivity (Wildman–Crippen MR) is 135 cm³/mol.